The van der Waals surface area contributed by atoms with E-state index in [1.165, 1.54) is 31.4 Å². The van der Waals surface area contributed by atoms with E-state index in [1.54, 1.807) is 0 Å². The molecule has 1 unspecified atom stereocenters. The molecular weight excluding hydrogens is 246 g/mol. The van der Waals surface area contributed by atoms with Crippen LogP contribution in [0.25, 0.3) is 0 Å². The molecule has 2 aliphatic rings. The molecule has 20 heavy (non-hydrogen) atoms. The second kappa shape index (κ2) is 5.84. The molecule has 0 amide bonds. The minimum absolute atomic E-state index is 0.227. The Kier molecular flexibility index (Phi) is 4.11. The molecule has 1 aromatic carbocycles. The molecule has 1 aliphatic carbocycles. The fourth-order valence-electron chi connectivity index (χ4n) is 3.80. The zero-order valence-electron chi connectivity index (χ0n) is 12.6. The van der Waals surface area contributed by atoms with Gasteiger partial charge < -0.3 is 5.73 Å². The highest BCUT2D eigenvalue weighted by molar-refractivity contribution is 5.15. The molecule has 0 bridgehead atoms. The number of rotatable bonds is 6. The van der Waals surface area contributed by atoms with Crippen LogP contribution in [0.5, 0.6) is 0 Å². The molecule has 1 aromatic rings. The first-order valence-electron chi connectivity index (χ1n) is 8.00. The van der Waals surface area contributed by atoms with Gasteiger partial charge in [-0.05, 0) is 31.4 Å². The molecule has 3 rings (SSSR count). The SMILES string of the molecule is CCN(C1CC1)C1(CN)CCN(Cc2ccccc2)C1. The standard InChI is InChI=1S/C17H27N3/c1-2-20(16-8-9-16)17(13-18)10-11-19(14-17)12-15-6-4-3-5-7-15/h3-7,16H,2,8-14,18H2,1H3. The van der Waals surface area contributed by atoms with Gasteiger partial charge in [0.15, 0.2) is 0 Å². The summed E-state index contributed by atoms with van der Waals surface area (Å²) in [5.41, 5.74) is 7.84. The Labute approximate surface area is 122 Å². The molecule has 1 atom stereocenters. The maximum absolute atomic E-state index is 6.20. The second-order valence-electron chi connectivity index (χ2n) is 6.39. The van der Waals surface area contributed by atoms with E-state index >= 15 is 0 Å². The minimum atomic E-state index is 0.227. The molecule has 2 fully saturated rings. The molecule has 2 N–H and O–H groups in total. The maximum atomic E-state index is 6.20. The van der Waals surface area contributed by atoms with E-state index < -0.39 is 0 Å². The highest BCUT2D eigenvalue weighted by Crippen LogP contribution is 2.37. The van der Waals surface area contributed by atoms with Gasteiger partial charge in [-0.15, -0.1) is 0 Å². The average molecular weight is 273 g/mol. The van der Waals surface area contributed by atoms with Gasteiger partial charge in [0.1, 0.15) is 0 Å². The Hall–Kier alpha value is -0.900. The summed E-state index contributed by atoms with van der Waals surface area (Å²) in [7, 11) is 0. The van der Waals surface area contributed by atoms with Gasteiger partial charge >= 0.3 is 0 Å². The van der Waals surface area contributed by atoms with Gasteiger partial charge in [0.25, 0.3) is 0 Å². The molecule has 1 saturated carbocycles. The lowest BCUT2D eigenvalue weighted by Crippen LogP contribution is -2.56. The molecule has 0 aromatic heterocycles. The maximum Gasteiger partial charge on any atom is 0.0473 e. The van der Waals surface area contributed by atoms with Crippen molar-refractivity contribution in [2.75, 3.05) is 26.2 Å². The summed E-state index contributed by atoms with van der Waals surface area (Å²) in [6, 6.07) is 11.6. The van der Waals surface area contributed by atoms with Crippen molar-refractivity contribution >= 4 is 0 Å². The van der Waals surface area contributed by atoms with Crippen LogP contribution in [-0.4, -0.2) is 47.6 Å². The molecular formula is C17H27N3. The normalized spacial score (nSPS) is 27.4. The summed E-state index contributed by atoms with van der Waals surface area (Å²) in [5.74, 6) is 0. The van der Waals surface area contributed by atoms with Gasteiger partial charge in [0.05, 0.1) is 0 Å². The van der Waals surface area contributed by atoms with Crippen molar-refractivity contribution in [3.63, 3.8) is 0 Å². The number of benzene rings is 1. The third-order valence-corrected chi connectivity index (χ3v) is 4.98. The largest absolute Gasteiger partial charge is 0.329 e. The molecule has 1 aliphatic heterocycles. The third-order valence-electron chi connectivity index (χ3n) is 4.98. The van der Waals surface area contributed by atoms with Gasteiger partial charge in [0.2, 0.25) is 0 Å². The lowest BCUT2D eigenvalue weighted by Gasteiger charge is -2.40. The van der Waals surface area contributed by atoms with Crippen LogP contribution in [0.15, 0.2) is 30.3 Å². The zero-order chi connectivity index (χ0) is 14.0. The highest BCUT2D eigenvalue weighted by Gasteiger charge is 2.46. The van der Waals surface area contributed by atoms with Crippen molar-refractivity contribution in [2.45, 2.75) is 44.3 Å². The topological polar surface area (TPSA) is 32.5 Å². The summed E-state index contributed by atoms with van der Waals surface area (Å²) in [6.07, 6.45) is 3.96. The van der Waals surface area contributed by atoms with Crippen LogP contribution in [0, 0.1) is 0 Å². The predicted molar refractivity (Wildman–Crippen MR) is 83.5 cm³/mol. The number of likely N-dealkylation sites (N-methyl/N-ethyl adjacent to an activating group) is 1. The first-order valence-corrected chi connectivity index (χ1v) is 8.00. The van der Waals surface area contributed by atoms with Gasteiger partial charge in [-0.3, -0.25) is 9.80 Å². The number of hydrogen-bond acceptors (Lipinski definition) is 3. The fourth-order valence-corrected chi connectivity index (χ4v) is 3.80. The molecule has 1 saturated heterocycles. The molecule has 0 radical (unpaired) electrons. The Morgan fingerprint density at radius 3 is 2.65 bits per heavy atom. The summed E-state index contributed by atoms with van der Waals surface area (Å²) in [5, 5.41) is 0. The number of nitrogens with two attached hydrogens (primary N) is 1. The molecule has 3 heteroatoms. The van der Waals surface area contributed by atoms with Crippen molar-refractivity contribution in [3.05, 3.63) is 35.9 Å². The fraction of sp³-hybridized carbons (Fsp3) is 0.647. The summed E-state index contributed by atoms with van der Waals surface area (Å²) < 4.78 is 0. The summed E-state index contributed by atoms with van der Waals surface area (Å²) in [6.45, 7) is 7.59. The Bertz CT molecular complexity index is 429. The van der Waals surface area contributed by atoms with E-state index in [0.717, 1.165) is 32.2 Å². The number of likely N-dealkylation sites (tertiary alicyclic amines) is 1. The van der Waals surface area contributed by atoms with E-state index in [0.29, 0.717) is 0 Å². The van der Waals surface area contributed by atoms with Crippen LogP contribution in [0.4, 0.5) is 0 Å². The van der Waals surface area contributed by atoms with Crippen LogP contribution in [0.3, 0.4) is 0 Å². The van der Waals surface area contributed by atoms with Crippen LogP contribution < -0.4 is 5.73 Å². The Morgan fingerprint density at radius 2 is 2.05 bits per heavy atom. The molecule has 110 valence electrons. The van der Waals surface area contributed by atoms with Crippen LogP contribution in [0.1, 0.15) is 31.7 Å². The average Bonchev–Trinajstić information content (AvgIpc) is 3.23. The zero-order valence-corrected chi connectivity index (χ0v) is 12.6. The van der Waals surface area contributed by atoms with Crippen LogP contribution >= 0.6 is 0 Å². The second-order valence-corrected chi connectivity index (χ2v) is 6.39. The van der Waals surface area contributed by atoms with E-state index in [9.17, 15) is 0 Å². The van der Waals surface area contributed by atoms with Crippen molar-refractivity contribution in [2.24, 2.45) is 5.73 Å². The molecule has 0 spiro atoms. The monoisotopic (exact) mass is 273 g/mol. The minimum Gasteiger partial charge on any atom is -0.329 e. The van der Waals surface area contributed by atoms with E-state index in [4.69, 9.17) is 5.73 Å². The first kappa shape index (κ1) is 14.1. The Balaban J connectivity index is 1.67. The van der Waals surface area contributed by atoms with Crippen molar-refractivity contribution < 1.29 is 0 Å². The van der Waals surface area contributed by atoms with E-state index in [2.05, 4.69) is 47.1 Å². The van der Waals surface area contributed by atoms with Crippen LogP contribution in [-0.2, 0) is 6.54 Å². The summed E-state index contributed by atoms with van der Waals surface area (Å²) in [4.78, 5) is 5.27. The highest BCUT2D eigenvalue weighted by atomic mass is 15.3. The molecule has 1 heterocycles. The van der Waals surface area contributed by atoms with Crippen LogP contribution in [0.2, 0.25) is 0 Å². The van der Waals surface area contributed by atoms with E-state index in [1.807, 2.05) is 0 Å². The van der Waals surface area contributed by atoms with Crippen molar-refractivity contribution in [1.82, 2.24) is 9.80 Å². The van der Waals surface area contributed by atoms with Gasteiger partial charge in [-0.1, -0.05) is 37.3 Å². The smallest absolute Gasteiger partial charge is 0.0473 e. The number of nitrogens with zero attached hydrogens (tertiary/aromatic N) is 2. The van der Waals surface area contributed by atoms with Crippen molar-refractivity contribution in [3.8, 4) is 0 Å². The first-order chi connectivity index (χ1) is 9.77. The van der Waals surface area contributed by atoms with Gasteiger partial charge in [-0.2, -0.15) is 0 Å². The lowest BCUT2D eigenvalue weighted by molar-refractivity contribution is 0.0950. The summed E-state index contributed by atoms with van der Waals surface area (Å²) >= 11 is 0. The van der Waals surface area contributed by atoms with Gasteiger partial charge in [-0.25, -0.2) is 0 Å². The quantitative estimate of drug-likeness (QED) is 0.861. The molecule has 3 nitrogen and oxygen atoms in total. The predicted octanol–water partition coefficient (Wildman–Crippen LogP) is 2.07. The van der Waals surface area contributed by atoms with E-state index in [-0.39, 0.29) is 5.54 Å². The third kappa shape index (κ3) is 2.76. The number of hydrogen-bond donors (Lipinski definition) is 1. The lowest BCUT2D eigenvalue weighted by atomic mass is 9.95. The van der Waals surface area contributed by atoms with Crippen molar-refractivity contribution in [1.29, 1.82) is 0 Å². The van der Waals surface area contributed by atoms with Gasteiger partial charge in [0, 0.05) is 37.8 Å². The Morgan fingerprint density at radius 1 is 1.30 bits per heavy atom.